The lowest BCUT2D eigenvalue weighted by molar-refractivity contribution is 0.301. The second-order valence-electron chi connectivity index (χ2n) is 13.0. The summed E-state index contributed by atoms with van der Waals surface area (Å²) in [6.07, 6.45) is 0. The molecule has 4 heterocycles. The molecular weight excluding hydrogens is 675 g/mol. The van der Waals surface area contributed by atoms with Crippen LogP contribution in [0.1, 0.15) is 22.5 Å². The van der Waals surface area contributed by atoms with Crippen LogP contribution in [0.4, 0.5) is 0 Å². The smallest absolute Gasteiger partial charge is 0.262 e. The largest absolute Gasteiger partial charge is 0.487 e. The van der Waals surface area contributed by atoms with Gasteiger partial charge in [-0.05, 0) is 82.4 Å². The van der Waals surface area contributed by atoms with Crippen molar-refractivity contribution in [2.45, 2.75) is 26.3 Å². The second kappa shape index (κ2) is 14.4. The minimum absolute atomic E-state index is 0.211. The number of benzene rings is 5. The molecule has 10 nitrogen and oxygen atoms in total. The van der Waals surface area contributed by atoms with Gasteiger partial charge in [-0.2, -0.15) is 4.80 Å². The van der Waals surface area contributed by atoms with Crippen molar-refractivity contribution in [3.63, 3.8) is 0 Å². The average Bonchev–Trinajstić information content (AvgIpc) is 3.68. The van der Waals surface area contributed by atoms with E-state index in [0.717, 1.165) is 55.2 Å². The van der Waals surface area contributed by atoms with E-state index in [1.165, 1.54) is 4.80 Å². The Labute approximate surface area is 309 Å². The van der Waals surface area contributed by atoms with E-state index in [1.54, 1.807) is 4.57 Å². The minimum atomic E-state index is -0.211. The van der Waals surface area contributed by atoms with Crippen LogP contribution < -0.4 is 15.0 Å². The fraction of sp³-hybridized carbons (Fsp3) is 0.0909. The van der Waals surface area contributed by atoms with E-state index in [9.17, 15) is 4.79 Å². The van der Waals surface area contributed by atoms with Gasteiger partial charge in [-0.25, -0.2) is 9.97 Å². The molecule has 262 valence electrons. The number of ether oxygens (including phenoxy) is 2. The summed E-state index contributed by atoms with van der Waals surface area (Å²) in [5, 5.41) is 16.3. The SMILES string of the molecule is O=c1c(-c2nnn(Cc3cccc(OCc4ccc5ccccc5n4)c3)n2)cc2ccccc2n1Cc1cccc(OCc2ccc3ccccc3n2)c1. The van der Waals surface area contributed by atoms with E-state index >= 15 is 0 Å². The molecule has 10 heteroatoms. The van der Waals surface area contributed by atoms with Crippen molar-refractivity contribution < 1.29 is 9.47 Å². The van der Waals surface area contributed by atoms with Crippen molar-refractivity contribution in [1.82, 2.24) is 34.7 Å². The number of hydrogen-bond acceptors (Lipinski definition) is 8. The van der Waals surface area contributed by atoms with E-state index in [1.807, 2.05) is 140 Å². The standard InChI is InChI=1S/C44H33N7O3/c52-44-39(43-47-49-51(48-43)27-31-10-8-15-38(24-31)54-29-36-22-20-33-12-2-5-17-41(33)46-36)25-34-13-3-6-18-42(34)50(44)26-30-9-7-14-37(23-30)53-28-35-21-19-32-11-1-4-16-40(32)45-35/h1-25H,26-29H2. The fourth-order valence-corrected chi connectivity index (χ4v) is 6.57. The van der Waals surface area contributed by atoms with E-state index in [2.05, 4.69) is 27.5 Å². The van der Waals surface area contributed by atoms with Crippen LogP contribution in [-0.2, 0) is 26.3 Å². The molecule has 0 aliphatic carbocycles. The van der Waals surface area contributed by atoms with Crippen LogP contribution in [0, 0.1) is 0 Å². The van der Waals surface area contributed by atoms with Gasteiger partial charge < -0.3 is 14.0 Å². The van der Waals surface area contributed by atoms with Crippen LogP contribution in [0.3, 0.4) is 0 Å². The number of tetrazole rings is 1. The van der Waals surface area contributed by atoms with Gasteiger partial charge in [0.1, 0.15) is 24.7 Å². The Hall–Kier alpha value is -7.20. The van der Waals surface area contributed by atoms with Gasteiger partial charge in [0.05, 0.1) is 46.6 Å². The molecule has 54 heavy (non-hydrogen) atoms. The molecule has 0 fully saturated rings. The zero-order valence-electron chi connectivity index (χ0n) is 29.1. The van der Waals surface area contributed by atoms with Crippen molar-refractivity contribution in [3.05, 3.63) is 185 Å². The van der Waals surface area contributed by atoms with Gasteiger partial charge in [0, 0.05) is 10.8 Å². The molecule has 0 unspecified atom stereocenters. The highest BCUT2D eigenvalue weighted by atomic mass is 16.5. The highest BCUT2D eigenvalue weighted by Crippen LogP contribution is 2.23. The number of aromatic nitrogens is 7. The molecule has 0 aliphatic heterocycles. The van der Waals surface area contributed by atoms with Gasteiger partial charge in [-0.1, -0.05) is 91.0 Å². The van der Waals surface area contributed by atoms with Crippen LogP contribution in [-0.4, -0.2) is 34.7 Å². The third-order valence-electron chi connectivity index (χ3n) is 9.24. The summed E-state index contributed by atoms with van der Waals surface area (Å²) in [7, 11) is 0. The van der Waals surface area contributed by atoms with Gasteiger partial charge in [-0.3, -0.25) is 4.79 Å². The van der Waals surface area contributed by atoms with Gasteiger partial charge >= 0.3 is 0 Å². The average molecular weight is 708 g/mol. The molecule has 0 spiro atoms. The summed E-state index contributed by atoms with van der Waals surface area (Å²) in [6.45, 7) is 1.35. The lowest BCUT2D eigenvalue weighted by atomic mass is 10.1. The van der Waals surface area contributed by atoms with E-state index in [0.29, 0.717) is 43.4 Å². The normalized spacial score (nSPS) is 11.3. The lowest BCUT2D eigenvalue weighted by Gasteiger charge is -2.13. The maximum absolute atomic E-state index is 14.1. The van der Waals surface area contributed by atoms with E-state index < -0.39 is 0 Å². The number of rotatable bonds is 11. The molecule has 0 saturated heterocycles. The Morgan fingerprint density at radius 2 is 1.11 bits per heavy atom. The molecule has 0 N–H and O–H groups in total. The molecule has 0 amide bonds. The van der Waals surface area contributed by atoms with Gasteiger partial charge in [0.25, 0.3) is 5.56 Å². The fourth-order valence-electron chi connectivity index (χ4n) is 6.57. The molecule has 9 rings (SSSR count). The minimum Gasteiger partial charge on any atom is -0.487 e. The molecule has 4 aromatic heterocycles. The molecule has 0 atom stereocenters. The highest BCUT2D eigenvalue weighted by Gasteiger charge is 2.16. The topological polar surface area (TPSA) is 110 Å². The monoisotopic (exact) mass is 707 g/mol. The third-order valence-corrected chi connectivity index (χ3v) is 9.24. The third kappa shape index (κ3) is 7.00. The first-order chi connectivity index (χ1) is 26.6. The molecule has 0 radical (unpaired) electrons. The maximum atomic E-state index is 14.1. The van der Waals surface area contributed by atoms with Crippen molar-refractivity contribution in [2.24, 2.45) is 0 Å². The quantitative estimate of drug-likeness (QED) is 0.133. The number of nitrogens with zero attached hydrogens (tertiary/aromatic N) is 7. The Morgan fingerprint density at radius 1 is 0.537 bits per heavy atom. The van der Waals surface area contributed by atoms with Crippen LogP contribution in [0.15, 0.2) is 156 Å². The summed E-state index contributed by atoms with van der Waals surface area (Å²) < 4.78 is 14.0. The number of pyridine rings is 3. The van der Waals surface area contributed by atoms with Crippen molar-refractivity contribution in [2.75, 3.05) is 0 Å². The van der Waals surface area contributed by atoms with E-state index in [-0.39, 0.29) is 11.4 Å². The summed E-state index contributed by atoms with van der Waals surface area (Å²) in [4.78, 5) is 25.1. The zero-order chi connectivity index (χ0) is 36.3. The number of hydrogen-bond donors (Lipinski definition) is 0. The Morgan fingerprint density at radius 3 is 1.76 bits per heavy atom. The predicted molar refractivity (Wildman–Crippen MR) is 208 cm³/mol. The zero-order valence-corrected chi connectivity index (χ0v) is 29.1. The first-order valence-electron chi connectivity index (χ1n) is 17.6. The summed E-state index contributed by atoms with van der Waals surface area (Å²) in [5.74, 6) is 1.66. The lowest BCUT2D eigenvalue weighted by Crippen LogP contribution is -2.23. The predicted octanol–water partition coefficient (Wildman–Crippen LogP) is 8.01. The summed E-state index contributed by atoms with van der Waals surface area (Å²) in [5.41, 5.74) is 6.36. The molecule has 9 aromatic rings. The van der Waals surface area contributed by atoms with Crippen molar-refractivity contribution in [3.8, 4) is 22.9 Å². The Balaban J connectivity index is 0.919. The number of fused-ring (bicyclic) bond motifs is 3. The summed E-state index contributed by atoms with van der Waals surface area (Å²) >= 11 is 0. The van der Waals surface area contributed by atoms with Crippen molar-refractivity contribution in [1.29, 1.82) is 0 Å². The van der Waals surface area contributed by atoms with Crippen LogP contribution in [0.2, 0.25) is 0 Å². The van der Waals surface area contributed by atoms with Gasteiger partial charge in [0.2, 0.25) is 5.82 Å². The Bertz CT molecular complexity index is 2850. The van der Waals surface area contributed by atoms with Gasteiger partial charge in [0.15, 0.2) is 0 Å². The summed E-state index contributed by atoms with van der Waals surface area (Å²) in [6, 6.07) is 49.3. The molecule has 0 aliphatic rings. The van der Waals surface area contributed by atoms with Crippen LogP contribution >= 0.6 is 0 Å². The molecule has 0 saturated carbocycles. The first kappa shape index (κ1) is 32.7. The molecular formula is C44H33N7O3. The molecule has 0 bridgehead atoms. The van der Waals surface area contributed by atoms with E-state index in [4.69, 9.17) is 19.4 Å². The van der Waals surface area contributed by atoms with Crippen LogP contribution in [0.25, 0.3) is 44.1 Å². The number of para-hydroxylation sites is 3. The Kier molecular flexibility index (Phi) is 8.74. The highest BCUT2D eigenvalue weighted by molar-refractivity contribution is 5.83. The first-order valence-corrected chi connectivity index (χ1v) is 17.6. The van der Waals surface area contributed by atoms with Crippen molar-refractivity contribution >= 4 is 32.7 Å². The molecule has 5 aromatic carbocycles. The van der Waals surface area contributed by atoms with Gasteiger partial charge in [-0.15, -0.1) is 10.2 Å². The maximum Gasteiger partial charge on any atom is 0.262 e. The second-order valence-corrected chi connectivity index (χ2v) is 13.0. The van der Waals surface area contributed by atoms with Crippen LogP contribution in [0.5, 0.6) is 11.5 Å².